The minimum Gasteiger partial charge on any atom is -0.472 e. The lowest BCUT2D eigenvalue weighted by atomic mass is 9.72. The van der Waals surface area contributed by atoms with Crippen LogP contribution >= 0.6 is 16.3 Å². The fraction of sp³-hybridized carbons (Fsp3) is 0.400. The number of benzene rings is 2. The van der Waals surface area contributed by atoms with Gasteiger partial charge in [-0.3, -0.25) is 0 Å². The molecule has 10 heteroatoms. The number of ether oxygens (including phenoxy) is 2. The molecule has 1 aromatic heterocycles. The van der Waals surface area contributed by atoms with Crippen molar-refractivity contribution in [2.45, 2.75) is 45.8 Å². The highest BCUT2D eigenvalue weighted by Crippen LogP contribution is 2.44. The van der Waals surface area contributed by atoms with E-state index >= 15 is 8.78 Å². The second kappa shape index (κ2) is 11.2. The van der Waals surface area contributed by atoms with Crippen LogP contribution in [-0.2, 0) is 11.3 Å². The fourth-order valence-electron chi connectivity index (χ4n) is 5.24. The number of hydrogen-bond acceptors (Lipinski definition) is 6. The molecule has 3 heterocycles. The van der Waals surface area contributed by atoms with E-state index in [2.05, 4.69) is 21.2 Å². The summed E-state index contributed by atoms with van der Waals surface area (Å²) in [5, 5.41) is 0. The Morgan fingerprint density at radius 1 is 1.02 bits per heavy atom. The molecule has 1 amide bonds. The van der Waals surface area contributed by atoms with Gasteiger partial charge in [0.15, 0.2) is 16.3 Å². The summed E-state index contributed by atoms with van der Waals surface area (Å²) in [6, 6.07) is 15.2. The third-order valence-corrected chi connectivity index (χ3v) is 7.65. The number of pyridine rings is 1. The summed E-state index contributed by atoms with van der Waals surface area (Å²) in [6.07, 6.45) is 1.35. The maximum Gasteiger partial charge on any atom is 0.410 e. The summed E-state index contributed by atoms with van der Waals surface area (Å²) in [5.74, 6) is -1.14. The molecule has 1 spiro atoms. The molecule has 2 aliphatic heterocycles. The van der Waals surface area contributed by atoms with Crippen LogP contribution < -0.4 is 13.5 Å². The second-order valence-corrected chi connectivity index (χ2v) is 11.8. The molecule has 3 aromatic rings. The van der Waals surface area contributed by atoms with Crippen molar-refractivity contribution in [3.05, 3.63) is 71.8 Å². The molecule has 0 unspecified atom stereocenters. The van der Waals surface area contributed by atoms with Gasteiger partial charge in [-0.25, -0.2) is 13.6 Å². The van der Waals surface area contributed by atoms with Gasteiger partial charge in [0.25, 0.3) is 0 Å². The molecule has 40 heavy (non-hydrogen) atoms. The SMILES string of the molecule is CC(C)(C)OC(=O)N1CCC2(CC1)CN(c1cc(F)c(-c3ccc(OBr)nc3OCc3ccccc3)c(F)c1)C2. The van der Waals surface area contributed by atoms with Crippen LogP contribution in [0.5, 0.6) is 11.8 Å². The van der Waals surface area contributed by atoms with Crippen molar-refractivity contribution in [3.8, 4) is 22.9 Å². The molecule has 2 saturated heterocycles. The summed E-state index contributed by atoms with van der Waals surface area (Å²) in [6.45, 7) is 8.31. The van der Waals surface area contributed by atoms with Crippen LogP contribution in [0.15, 0.2) is 54.6 Å². The first-order valence-electron chi connectivity index (χ1n) is 13.2. The van der Waals surface area contributed by atoms with E-state index in [4.69, 9.17) is 13.3 Å². The van der Waals surface area contributed by atoms with Crippen LogP contribution in [0.25, 0.3) is 11.1 Å². The Labute approximate surface area is 241 Å². The van der Waals surface area contributed by atoms with E-state index in [0.29, 0.717) is 31.9 Å². The minimum absolute atomic E-state index is 0.0258. The van der Waals surface area contributed by atoms with Crippen molar-refractivity contribution < 1.29 is 26.9 Å². The van der Waals surface area contributed by atoms with E-state index in [1.54, 1.807) is 4.90 Å². The first-order valence-corrected chi connectivity index (χ1v) is 13.9. The smallest absolute Gasteiger partial charge is 0.410 e. The number of likely N-dealkylation sites (tertiary alicyclic amines) is 1. The Kier molecular flexibility index (Phi) is 7.90. The van der Waals surface area contributed by atoms with E-state index in [-0.39, 0.29) is 41.0 Å². The molecule has 2 aliphatic rings. The van der Waals surface area contributed by atoms with Crippen LogP contribution in [-0.4, -0.2) is 47.8 Å². The van der Waals surface area contributed by atoms with Gasteiger partial charge in [0.1, 0.15) is 23.8 Å². The maximum atomic E-state index is 15.5. The Morgan fingerprint density at radius 2 is 1.68 bits per heavy atom. The average molecular weight is 617 g/mol. The number of halogens is 3. The molecule has 5 rings (SSSR count). The Bertz CT molecular complexity index is 1340. The molecule has 0 atom stereocenters. The summed E-state index contributed by atoms with van der Waals surface area (Å²) in [7, 11) is 0. The molecule has 0 aliphatic carbocycles. The molecule has 0 radical (unpaired) electrons. The van der Waals surface area contributed by atoms with Crippen LogP contribution in [0.3, 0.4) is 0 Å². The predicted octanol–water partition coefficient (Wildman–Crippen LogP) is 7.13. The quantitative estimate of drug-likeness (QED) is 0.294. The van der Waals surface area contributed by atoms with E-state index in [1.807, 2.05) is 56.0 Å². The van der Waals surface area contributed by atoms with Crippen molar-refractivity contribution in [1.82, 2.24) is 9.88 Å². The van der Waals surface area contributed by atoms with Gasteiger partial charge in [0.2, 0.25) is 11.8 Å². The Balaban J connectivity index is 1.28. The van der Waals surface area contributed by atoms with Gasteiger partial charge in [0, 0.05) is 43.3 Å². The van der Waals surface area contributed by atoms with Gasteiger partial charge in [-0.05, 0) is 57.4 Å². The largest absolute Gasteiger partial charge is 0.472 e. The van der Waals surface area contributed by atoms with E-state index in [1.165, 1.54) is 24.3 Å². The van der Waals surface area contributed by atoms with Gasteiger partial charge < -0.3 is 23.1 Å². The van der Waals surface area contributed by atoms with Crippen molar-refractivity contribution >= 4 is 28.0 Å². The summed E-state index contributed by atoms with van der Waals surface area (Å²) >= 11 is 2.89. The zero-order chi connectivity index (χ0) is 28.5. The monoisotopic (exact) mass is 615 g/mol. The molecule has 0 saturated carbocycles. The van der Waals surface area contributed by atoms with Gasteiger partial charge in [-0.15, -0.1) is 0 Å². The zero-order valence-corrected chi connectivity index (χ0v) is 24.3. The Morgan fingerprint density at radius 3 is 2.27 bits per heavy atom. The maximum absolute atomic E-state index is 15.5. The zero-order valence-electron chi connectivity index (χ0n) is 22.8. The number of piperidine rings is 1. The topological polar surface area (TPSA) is 64.1 Å². The minimum atomic E-state index is -0.699. The van der Waals surface area contributed by atoms with Crippen molar-refractivity contribution in [3.63, 3.8) is 0 Å². The fourth-order valence-corrected chi connectivity index (χ4v) is 5.42. The van der Waals surface area contributed by atoms with Crippen molar-refractivity contribution in [2.75, 3.05) is 31.1 Å². The summed E-state index contributed by atoms with van der Waals surface area (Å²) in [5.41, 5.74) is 0.855. The third kappa shape index (κ3) is 6.16. The van der Waals surface area contributed by atoms with Gasteiger partial charge >= 0.3 is 6.09 Å². The van der Waals surface area contributed by atoms with Crippen molar-refractivity contribution in [1.29, 1.82) is 0 Å². The number of carbonyl (C=O) groups is 1. The normalized spacial score (nSPS) is 16.4. The third-order valence-electron chi connectivity index (χ3n) is 7.32. The molecular weight excluding hydrogens is 584 g/mol. The molecule has 0 N–H and O–H groups in total. The number of hydrogen-bond donors (Lipinski definition) is 0. The number of anilines is 1. The highest BCUT2D eigenvalue weighted by atomic mass is 79.9. The van der Waals surface area contributed by atoms with Crippen LogP contribution in [0, 0.1) is 17.0 Å². The van der Waals surface area contributed by atoms with Crippen LogP contribution in [0.2, 0.25) is 0 Å². The van der Waals surface area contributed by atoms with Gasteiger partial charge in [-0.2, -0.15) is 4.98 Å². The van der Waals surface area contributed by atoms with E-state index in [0.717, 1.165) is 18.4 Å². The van der Waals surface area contributed by atoms with Gasteiger partial charge in [-0.1, -0.05) is 30.3 Å². The number of amides is 1. The lowest BCUT2D eigenvalue weighted by molar-refractivity contribution is 0.00596. The second-order valence-electron chi connectivity index (χ2n) is 11.5. The Hall–Kier alpha value is -3.40. The standard InChI is InChI=1S/C30H32BrF2N3O4/c1-29(2,3)39-28(37)35-13-11-30(12-14-35)18-36(19-30)21-15-23(32)26(24(33)16-21)22-9-10-25(40-31)34-27(22)38-17-20-7-5-4-6-8-20/h4-10,15-16H,11-14,17-19H2,1-3H3. The number of rotatable bonds is 6. The molecule has 0 bridgehead atoms. The number of aromatic nitrogens is 1. The lowest BCUT2D eigenvalue weighted by Gasteiger charge is -2.55. The highest BCUT2D eigenvalue weighted by Gasteiger charge is 2.46. The van der Waals surface area contributed by atoms with Crippen molar-refractivity contribution in [2.24, 2.45) is 5.41 Å². The predicted molar refractivity (Wildman–Crippen MR) is 152 cm³/mol. The number of carbonyl (C=O) groups excluding carboxylic acids is 1. The molecule has 212 valence electrons. The van der Waals surface area contributed by atoms with Crippen LogP contribution in [0.1, 0.15) is 39.2 Å². The molecular formula is C30H32BrF2N3O4. The lowest BCUT2D eigenvalue weighted by Crippen LogP contribution is -2.61. The first kappa shape index (κ1) is 28.1. The first-order chi connectivity index (χ1) is 19.1. The molecule has 2 fully saturated rings. The van der Waals surface area contributed by atoms with E-state index < -0.39 is 17.2 Å². The summed E-state index contributed by atoms with van der Waals surface area (Å²) < 4.78 is 47.4. The molecule has 7 nitrogen and oxygen atoms in total. The van der Waals surface area contributed by atoms with Gasteiger partial charge in [0.05, 0.1) is 11.1 Å². The highest BCUT2D eigenvalue weighted by molar-refractivity contribution is 9.06. The van der Waals surface area contributed by atoms with E-state index in [9.17, 15) is 4.79 Å². The summed E-state index contributed by atoms with van der Waals surface area (Å²) in [4.78, 5) is 20.4. The van der Waals surface area contributed by atoms with Crippen LogP contribution in [0.4, 0.5) is 19.3 Å². The molecule has 2 aromatic carbocycles. The number of nitrogens with zero attached hydrogens (tertiary/aromatic N) is 3. The average Bonchev–Trinajstić information content (AvgIpc) is 2.90.